The van der Waals surface area contributed by atoms with E-state index in [0.29, 0.717) is 0 Å². The van der Waals surface area contributed by atoms with Crippen molar-refractivity contribution in [3.63, 3.8) is 0 Å². The van der Waals surface area contributed by atoms with Gasteiger partial charge in [0.25, 0.3) is 0 Å². The third-order valence-corrected chi connectivity index (χ3v) is 5.11. The Morgan fingerprint density at radius 2 is 1.50 bits per heavy atom. The van der Waals surface area contributed by atoms with E-state index >= 15 is 0 Å². The van der Waals surface area contributed by atoms with Crippen molar-refractivity contribution in [3.05, 3.63) is 35.4 Å². The van der Waals surface area contributed by atoms with Crippen molar-refractivity contribution < 1.29 is 0 Å². The number of rotatable bonds is 7. The van der Waals surface area contributed by atoms with Crippen molar-refractivity contribution in [2.45, 2.75) is 84.0 Å². The Morgan fingerprint density at radius 3 is 2.15 bits per heavy atom. The summed E-state index contributed by atoms with van der Waals surface area (Å²) in [6.45, 7) is 4.48. The minimum Gasteiger partial charge on any atom is -0.0654 e. The second kappa shape index (κ2) is 8.49. The molecule has 112 valence electrons. The van der Waals surface area contributed by atoms with E-state index in [4.69, 9.17) is 0 Å². The monoisotopic (exact) mass is 272 g/mol. The summed E-state index contributed by atoms with van der Waals surface area (Å²) < 4.78 is 0. The van der Waals surface area contributed by atoms with Crippen LogP contribution in [0.4, 0.5) is 0 Å². The van der Waals surface area contributed by atoms with Gasteiger partial charge in [-0.15, -0.1) is 0 Å². The summed E-state index contributed by atoms with van der Waals surface area (Å²) >= 11 is 0. The lowest BCUT2D eigenvalue weighted by Crippen LogP contribution is -2.13. The summed E-state index contributed by atoms with van der Waals surface area (Å²) in [7, 11) is 0. The predicted octanol–water partition coefficient (Wildman–Crippen LogP) is 6.63. The molecule has 1 aliphatic rings. The van der Waals surface area contributed by atoms with E-state index in [1.807, 2.05) is 0 Å². The predicted molar refractivity (Wildman–Crippen MR) is 89.3 cm³/mol. The molecule has 1 aromatic rings. The van der Waals surface area contributed by atoms with Crippen LogP contribution in [-0.2, 0) is 0 Å². The maximum absolute atomic E-state index is 2.35. The summed E-state index contributed by atoms with van der Waals surface area (Å²) in [5.41, 5.74) is 2.96. The molecule has 2 rings (SSSR count). The molecular weight excluding hydrogens is 240 g/mol. The largest absolute Gasteiger partial charge is 0.0654 e. The first-order valence-electron chi connectivity index (χ1n) is 8.86. The maximum atomic E-state index is 2.35. The van der Waals surface area contributed by atoms with E-state index < -0.39 is 0 Å². The van der Waals surface area contributed by atoms with E-state index in [2.05, 4.69) is 38.1 Å². The molecule has 0 spiro atoms. The molecule has 0 aromatic heterocycles. The van der Waals surface area contributed by atoms with Crippen LogP contribution in [0.1, 0.15) is 88.2 Å². The van der Waals surface area contributed by atoms with E-state index in [-0.39, 0.29) is 0 Å². The zero-order valence-electron chi connectivity index (χ0n) is 13.5. The number of aryl methyl sites for hydroxylation is 1. The fourth-order valence-corrected chi connectivity index (χ4v) is 3.66. The molecular formula is C20H32. The Hall–Kier alpha value is -0.780. The Labute approximate surface area is 126 Å². The molecule has 20 heavy (non-hydrogen) atoms. The van der Waals surface area contributed by atoms with Gasteiger partial charge in [-0.3, -0.25) is 0 Å². The maximum Gasteiger partial charge on any atom is -0.0162 e. The van der Waals surface area contributed by atoms with Gasteiger partial charge in [0.1, 0.15) is 0 Å². The normalized spacial score (nSPS) is 22.9. The number of hydrogen-bond acceptors (Lipinski definition) is 0. The van der Waals surface area contributed by atoms with Gasteiger partial charge in [0, 0.05) is 0 Å². The van der Waals surface area contributed by atoms with Gasteiger partial charge in [-0.1, -0.05) is 75.3 Å². The summed E-state index contributed by atoms with van der Waals surface area (Å²) in [6, 6.07) is 9.25. The van der Waals surface area contributed by atoms with Crippen LogP contribution < -0.4 is 0 Å². The highest BCUT2D eigenvalue weighted by Gasteiger charge is 2.21. The molecule has 1 aliphatic carbocycles. The summed E-state index contributed by atoms with van der Waals surface area (Å²) in [4.78, 5) is 0. The Bertz CT molecular complexity index is 354. The fourth-order valence-electron chi connectivity index (χ4n) is 3.66. The van der Waals surface area contributed by atoms with Crippen LogP contribution in [-0.4, -0.2) is 0 Å². The second-order valence-electron chi connectivity index (χ2n) is 6.83. The lowest BCUT2D eigenvalue weighted by atomic mass is 9.77. The van der Waals surface area contributed by atoms with Crippen LogP contribution in [0.5, 0.6) is 0 Å². The Kier molecular flexibility index (Phi) is 6.63. The molecule has 0 nitrogen and oxygen atoms in total. The van der Waals surface area contributed by atoms with E-state index in [9.17, 15) is 0 Å². The van der Waals surface area contributed by atoms with Gasteiger partial charge in [0.15, 0.2) is 0 Å². The summed E-state index contributed by atoms with van der Waals surface area (Å²) in [5.74, 6) is 1.87. The highest BCUT2D eigenvalue weighted by atomic mass is 14.3. The van der Waals surface area contributed by atoms with E-state index in [0.717, 1.165) is 11.8 Å². The summed E-state index contributed by atoms with van der Waals surface area (Å²) in [6.07, 6.45) is 14.4. The summed E-state index contributed by atoms with van der Waals surface area (Å²) in [5, 5.41) is 0. The third kappa shape index (κ3) is 4.96. The zero-order valence-corrected chi connectivity index (χ0v) is 13.5. The first-order chi connectivity index (χ1) is 9.79. The minimum atomic E-state index is 0.840. The van der Waals surface area contributed by atoms with Gasteiger partial charge in [-0.2, -0.15) is 0 Å². The molecule has 1 fully saturated rings. The van der Waals surface area contributed by atoms with Gasteiger partial charge in [-0.25, -0.2) is 0 Å². The topological polar surface area (TPSA) is 0 Å². The van der Waals surface area contributed by atoms with Gasteiger partial charge < -0.3 is 0 Å². The molecule has 0 aliphatic heterocycles. The number of unbranched alkanes of at least 4 members (excludes halogenated alkanes) is 4. The first kappa shape index (κ1) is 15.6. The third-order valence-electron chi connectivity index (χ3n) is 5.11. The molecule has 0 heterocycles. The molecule has 0 N–H and O–H groups in total. The highest BCUT2D eigenvalue weighted by Crippen LogP contribution is 2.37. The Morgan fingerprint density at radius 1 is 0.850 bits per heavy atom. The van der Waals surface area contributed by atoms with Crippen LogP contribution in [0.25, 0.3) is 0 Å². The van der Waals surface area contributed by atoms with Gasteiger partial charge in [-0.05, 0) is 50.0 Å². The molecule has 0 saturated heterocycles. The minimum absolute atomic E-state index is 0.840. The van der Waals surface area contributed by atoms with Crippen molar-refractivity contribution in [3.8, 4) is 0 Å². The lowest BCUT2D eigenvalue weighted by Gasteiger charge is -2.29. The Balaban J connectivity index is 1.66. The lowest BCUT2D eigenvalue weighted by molar-refractivity contribution is 0.302. The molecule has 0 amide bonds. The SMILES string of the molecule is CCCCCCCC1CCC(c2ccc(C)cc2)CC1. The number of benzene rings is 1. The second-order valence-corrected chi connectivity index (χ2v) is 6.83. The van der Waals surface area contributed by atoms with Crippen LogP contribution in [0.15, 0.2) is 24.3 Å². The van der Waals surface area contributed by atoms with Crippen LogP contribution in [0, 0.1) is 12.8 Å². The van der Waals surface area contributed by atoms with Crippen molar-refractivity contribution in [2.75, 3.05) is 0 Å². The van der Waals surface area contributed by atoms with E-state index in [1.54, 1.807) is 5.56 Å². The fraction of sp³-hybridized carbons (Fsp3) is 0.700. The molecule has 0 unspecified atom stereocenters. The van der Waals surface area contributed by atoms with Gasteiger partial charge >= 0.3 is 0 Å². The van der Waals surface area contributed by atoms with Gasteiger partial charge in [0.05, 0.1) is 0 Å². The van der Waals surface area contributed by atoms with Crippen molar-refractivity contribution in [1.29, 1.82) is 0 Å². The van der Waals surface area contributed by atoms with E-state index in [1.165, 1.54) is 69.8 Å². The molecule has 0 atom stereocenters. The van der Waals surface area contributed by atoms with Crippen LogP contribution in [0.2, 0.25) is 0 Å². The van der Waals surface area contributed by atoms with Gasteiger partial charge in [0.2, 0.25) is 0 Å². The van der Waals surface area contributed by atoms with Crippen molar-refractivity contribution in [1.82, 2.24) is 0 Å². The zero-order chi connectivity index (χ0) is 14.2. The van der Waals surface area contributed by atoms with Crippen LogP contribution in [0.3, 0.4) is 0 Å². The first-order valence-corrected chi connectivity index (χ1v) is 8.86. The average Bonchev–Trinajstić information content (AvgIpc) is 2.49. The standard InChI is InChI=1S/C20H32/c1-3-4-5-6-7-8-18-11-15-20(16-12-18)19-13-9-17(2)10-14-19/h9-10,13-14,18,20H,3-8,11-12,15-16H2,1-2H3. The highest BCUT2D eigenvalue weighted by molar-refractivity contribution is 5.24. The molecule has 0 radical (unpaired) electrons. The molecule has 1 aromatic carbocycles. The van der Waals surface area contributed by atoms with Crippen molar-refractivity contribution >= 4 is 0 Å². The average molecular weight is 272 g/mol. The molecule has 1 saturated carbocycles. The smallest absolute Gasteiger partial charge is 0.0162 e. The molecule has 0 bridgehead atoms. The quantitative estimate of drug-likeness (QED) is 0.489. The molecule has 0 heteroatoms. The van der Waals surface area contributed by atoms with Crippen LogP contribution >= 0.6 is 0 Å². The van der Waals surface area contributed by atoms with Crippen molar-refractivity contribution in [2.24, 2.45) is 5.92 Å². The number of hydrogen-bond donors (Lipinski definition) is 0.